The second-order valence-corrected chi connectivity index (χ2v) is 7.09. The van der Waals surface area contributed by atoms with Gasteiger partial charge in [0.15, 0.2) is 11.8 Å². The van der Waals surface area contributed by atoms with Gasteiger partial charge in [0.2, 0.25) is 0 Å². The summed E-state index contributed by atoms with van der Waals surface area (Å²) in [7, 11) is 0. The highest BCUT2D eigenvalue weighted by atomic mass is 35.5. The molecule has 2 amide bonds. The summed E-state index contributed by atoms with van der Waals surface area (Å²) in [5.41, 5.74) is 4.50. The Kier molecular flexibility index (Phi) is 5.78. The maximum atomic E-state index is 13.0. The van der Waals surface area contributed by atoms with Crippen LogP contribution in [0.5, 0.6) is 0 Å². The van der Waals surface area contributed by atoms with Gasteiger partial charge >= 0.3 is 12.3 Å². The van der Waals surface area contributed by atoms with E-state index in [9.17, 15) is 22.8 Å². The molecule has 1 aromatic carbocycles. The zero-order valence-electron chi connectivity index (χ0n) is 14.8. The number of halogens is 5. The van der Waals surface area contributed by atoms with Crippen LogP contribution < -0.4 is 5.73 Å². The second-order valence-electron chi connectivity index (χ2n) is 6.28. The Hall–Kier alpha value is -3.03. The minimum absolute atomic E-state index is 0.0602. The number of alkyl halides is 3. The Morgan fingerprint density at radius 2 is 1.97 bits per heavy atom. The lowest BCUT2D eigenvalue weighted by molar-refractivity contribution is -0.141. The lowest BCUT2D eigenvalue weighted by atomic mass is 9.97. The van der Waals surface area contributed by atoms with Crippen LogP contribution in [0.1, 0.15) is 28.4 Å². The minimum Gasteiger partial charge on any atom is -0.434 e. The van der Waals surface area contributed by atoms with E-state index in [0.717, 1.165) is 17.2 Å². The predicted molar refractivity (Wildman–Crippen MR) is 98.4 cm³/mol. The van der Waals surface area contributed by atoms with Crippen molar-refractivity contribution in [2.45, 2.75) is 18.3 Å². The van der Waals surface area contributed by atoms with Crippen LogP contribution >= 0.6 is 23.2 Å². The smallest absolute Gasteiger partial charge is 0.434 e. The number of hydrogen-bond acceptors (Lipinski definition) is 5. The predicted octanol–water partition coefficient (Wildman–Crippen LogP) is 3.67. The third-order valence-electron chi connectivity index (χ3n) is 4.35. The molecule has 1 saturated heterocycles. The molecule has 1 aromatic heterocycles. The van der Waals surface area contributed by atoms with Gasteiger partial charge in [-0.25, -0.2) is 9.78 Å². The average molecular weight is 459 g/mol. The number of primary amides is 1. The maximum absolute atomic E-state index is 13.0. The first kappa shape index (κ1) is 21.7. The van der Waals surface area contributed by atoms with Crippen molar-refractivity contribution in [2.75, 3.05) is 6.54 Å². The van der Waals surface area contributed by atoms with Gasteiger partial charge < -0.3 is 10.5 Å². The Morgan fingerprint density at radius 1 is 1.30 bits per heavy atom. The van der Waals surface area contributed by atoms with E-state index < -0.39 is 41.0 Å². The average Bonchev–Trinajstić information content (AvgIpc) is 3.03. The Labute approximate surface area is 177 Å². The van der Waals surface area contributed by atoms with E-state index >= 15 is 0 Å². The van der Waals surface area contributed by atoms with E-state index in [0.29, 0.717) is 5.56 Å². The molecular weight excluding hydrogens is 448 g/mol. The van der Waals surface area contributed by atoms with Crippen molar-refractivity contribution >= 4 is 35.2 Å². The molecule has 2 aromatic rings. The van der Waals surface area contributed by atoms with E-state index in [-0.39, 0.29) is 22.7 Å². The highest BCUT2D eigenvalue weighted by Gasteiger charge is 2.41. The van der Waals surface area contributed by atoms with Crippen LogP contribution in [0.4, 0.5) is 18.0 Å². The van der Waals surface area contributed by atoms with Gasteiger partial charge in [0.25, 0.3) is 5.91 Å². The number of amides is 2. The first-order valence-electron chi connectivity index (χ1n) is 8.21. The molecule has 30 heavy (non-hydrogen) atoms. The monoisotopic (exact) mass is 458 g/mol. The summed E-state index contributed by atoms with van der Waals surface area (Å²) in [4.78, 5) is 28.3. The fourth-order valence-corrected chi connectivity index (χ4v) is 3.51. The molecule has 1 fully saturated rings. The van der Waals surface area contributed by atoms with Gasteiger partial charge in [0.05, 0.1) is 28.2 Å². The topological polar surface area (TPSA) is 109 Å². The number of nitrogens with two attached hydrogens (primary N) is 1. The van der Waals surface area contributed by atoms with Crippen molar-refractivity contribution < 1.29 is 27.5 Å². The van der Waals surface area contributed by atoms with Crippen molar-refractivity contribution in [3.63, 3.8) is 0 Å². The zero-order chi connectivity index (χ0) is 22.2. The van der Waals surface area contributed by atoms with Crippen molar-refractivity contribution in [1.29, 1.82) is 5.26 Å². The molecule has 3 rings (SSSR count). The molecule has 2 atom stereocenters. The van der Waals surface area contributed by atoms with Crippen LogP contribution in [0, 0.1) is 11.3 Å². The van der Waals surface area contributed by atoms with Crippen LogP contribution in [0.15, 0.2) is 30.5 Å². The number of pyridine rings is 1. The number of benzene rings is 1. The van der Waals surface area contributed by atoms with Gasteiger partial charge in [-0.15, -0.1) is 0 Å². The Balaban J connectivity index is 2.12. The van der Waals surface area contributed by atoms with Crippen molar-refractivity contribution in [2.24, 2.45) is 5.73 Å². The number of carbonyl (C=O) groups is 2. The van der Waals surface area contributed by atoms with E-state index in [4.69, 9.17) is 38.9 Å². The lowest BCUT2D eigenvalue weighted by Crippen LogP contribution is -2.35. The summed E-state index contributed by atoms with van der Waals surface area (Å²) in [6.45, 7) is -0.255. The number of ether oxygens (including phenoxy) is 1. The molecule has 7 nitrogen and oxygen atoms in total. The summed E-state index contributed by atoms with van der Waals surface area (Å²) in [6.07, 6.45) is -6.02. The normalized spacial score (nSPS) is 17.4. The van der Waals surface area contributed by atoms with Crippen molar-refractivity contribution in [3.05, 3.63) is 62.9 Å². The molecule has 156 valence electrons. The van der Waals surface area contributed by atoms with Gasteiger partial charge in [-0.05, 0) is 29.3 Å². The van der Waals surface area contributed by atoms with E-state index in [1.807, 2.05) is 6.07 Å². The summed E-state index contributed by atoms with van der Waals surface area (Å²) >= 11 is 11.9. The molecule has 2 heterocycles. The molecule has 1 aliphatic rings. The first-order chi connectivity index (χ1) is 14.0. The fraction of sp³-hybridized carbons (Fsp3) is 0.222. The molecule has 0 spiro atoms. The molecule has 1 unspecified atom stereocenters. The number of nitriles is 1. The summed E-state index contributed by atoms with van der Waals surface area (Å²) in [5, 5.41) is 8.44. The number of aromatic nitrogens is 1. The first-order valence-corrected chi connectivity index (χ1v) is 8.97. The number of nitrogens with zero attached hydrogens (tertiary/aromatic N) is 3. The summed E-state index contributed by atoms with van der Waals surface area (Å²) in [5.74, 6) is -0.883. The molecule has 2 N–H and O–H groups in total. The van der Waals surface area contributed by atoms with Crippen LogP contribution in [-0.4, -0.2) is 34.5 Å². The number of cyclic esters (lactones) is 1. The molecule has 0 radical (unpaired) electrons. The highest BCUT2D eigenvalue weighted by molar-refractivity contribution is 6.32. The molecular formula is C18H11Cl2F3N4O3. The van der Waals surface area contributed by atoms with Gasteiger partial charge in [-0.3, -0.25) is 9.69 Å². The second kappa shape index (κ2) is 8.01. The van der Waals surface area contributed by atoms with Gasteiger partial charge in [-0.1, -0.05) is 29.3 Å². The summed E-state index contributed by atoms with van der Waals surface area (Å²) in [6, 6.07) is 6.06. The minimum atomic E-state index is -4.77. The molecule has 0 aliphatic carbocycles. The molecule has 12 heteroatoms. The van der Waals surface area contributed by atoms with Crippen LogP contribution in [0.25, 0.3) is 0 Å². The van der Waals surface area contributed by atoms with E-state index in [2.05, 4.69) is 4.98 Å². The SMILES string of the molecule is N#Cc1ccc([C@@H](c2cnc(C(F)(F)F)c(Cl)c2)N2CC(C(N)=O)OC2=O)cc1Cl. The standard InChI is InChI=1S/C18H11Cl2F3N4O3/c19-11-3-8(1-2-9(11)5-24)14(27-7-13(16(25)28)30-17(27)29)10-4-12(20)15(26-6-10)18(21,22)23/h1-4,6,13-14H,7H2,(H2,25,28)/t13?,14-/m0/s1. The quantitative estimate of drug-likeness (QED) is 0.751. The number of rotatable bonds is 4. The van der Waals surface area contributed by atoms with Crippen LogP contribution in [0.2, 0.25) is 10.0 Å². The molecule has 0 bridgehead atoms. The maximum Gasteiger partial charge on any atom is 0.434 e. The third-order valence-corrected chi connectivity index (χ3v) is 4.95. The Morgan fingerprint density at radius 3 is 2.47 bits per heavy atom. The van der Waals surface area contributed by atoms with Crippen molar-refractivity contribution in [3.8, 4) is 6.07 Å². The third kappa shape index (κ3) is 4.13. The van der Waals surface area contributed by atoms with Gasteiger partial charge in [-0.2, -0.15) is 18.4 Å². The van der Waals surface area contributed by atoms with E-state index in [1.54, 1.807) is 0 Å². The highest BCUT2D eigenvalue weighted by Crippen LogP contribution is 2.38. The van der Waals surface area contributed by atoms with Crippen molar-refractivity contribution in [1.82, 2.24) is 9.88 Å². The van der Waals surface area contributed by atoms with Crippen LogP contribution in [0.3, 0.4) is 0 Å². The molecule has 1 aliphatic heterocycles. The Bertz CT molecular complexity index is 1070. The van der Waals surface area contributed by atoms with Crippen LogP contribution in [-0.2, 0) is 15.7 Å². The number of hydrogen-bond donors (Lipinski definition) is 1. The number of carbonyl (C=O) groups excluding carboxylic acids is 2. The fourth-order valence-electron chi connectivity index (χ4n) is 2.99. The van der Waals surface area contributed by atoms with Gasteiger partial charge in [0, 0.05) is 6.20 Å². The van der Waals surface area contributed by atoms with E-state index in [1.165, 1.54) is 18.2 Å². The largest absolute Gasteiger partial charge is 0.434 e. The lowest BCUT2D eigenvalue weighted by Gasteiger charge is -2.27. The molecule has 0 saturated carbocycles. The van der Waals surface area contributed by atoms with Gasteiger partial charge in [0.1, 0.15) is 6.07 Å². The zero-order valence-corrected chi connectivity index (χ0v) is 16.3. The summed E-state index contributed by atoms with van der Waals surface area (Å²) < 4.78 is 44.0.